The minimum absolute atomic E-state index is 0.118. The Kier molecular flexibility index (Phi) is 6.79. The predicted octanol–water partition coefficient (Wildman–Crippen LogP) is 2.91. The van der Waals surface area contributed by atoms with Crippen LogP contribution < -0.4 is 15.2 Å². The van der Waals surface area contributed by atoms with E-state index in [2.05, 4.69) is 15.8 Å². The maximum atomic E-state index is 13.8. The summed E-state index contributed by atoms with van der Waals surface area (Å²) in [5.74, 6) is -0.868. The van der Waals surface area contributed by atoms with E-state index in [1.165, 1.54) is 6.07 Å². The number of nitrogens with two attached hydrogens (primary N) is 1. The zero-order chi connectivity index (χ0) is 28.9. The molecule has 1 heterocycles. The topological polar surface area (TPSA) is 184 Å². The highest BCUT2D eigenvalue weighted by Crippen LogP contribution is 2.44. The Labute approximate surface area is 225 Å². The molecule has 39 heavy (non-hydrogen) atoms. The maximum absolute atomic E-state index is 13.8. The van der Waals surface area contributed by atoms with Gasteiger partial charge in [0.05, 0.1) is 17.2 Å². The number of amides is 2. The smallest absolute Gasteiger partial charge is 0.422 e. The normalized spacial score (nSPS) is 14.3. The Hall–Kier alpha value is -4.21. The van der Waals surface area contributed by atoms with E-state index in [1.54, 1.807) is 49.8 Å². The third-order valence-corrected chi connectivity index (χ3v) is 7.51. The Morgan fingerprint density at radius 1 is 1.18 bits per heavy atom. The number of ketones is 1. The number of nitrogens with zero attached hydrogens (tertiary/aromatic N) is 1. The number of hydrogen-bond donors (Lipinski definition) is 4. The van der Waals surface area contributed by atoms with Gasteiger partial charge < -0.3 is 15.5 Å². The second-order valence-electron chi connectivity index (χ2n) is 10.9. The fourth-order valence-corrected chi connectivity index (χ4v) is 5.53. The molecule has 0 aliphatic heterocycles. The first-order valence-corrected chi connectivity index (χ1v) is 13.6. The molecule has 1 aromatic heterocycles. The molecular formula is C27H29N5O6S. The molecule has 11 nitrogen and oxygen atoms in total. The lowest BCUT2D eigenvalue weighted by molar-refractivity contribution is 0.0569. The van der Waals surface area contributed by atoms with Crippen LogP contribution in [0.1, 0.15) is 83.3 Å². The molecule has 4 rings (SSSR count). The first kappa shape index (κ1) is 27.8. The Balaban J connectivity index is 1.71. The number of H-pyrrole nitrogens is 1. The summed E-state index contributed by atoms with van der Waals surface area (Å²) in [6.07, 6.45) is -0.998. The molecule has 0 radical (unpaired) electrons. The van der Waals surface area contributed by atoms with Crippen molar-refractivity contribution in [2.45, 2.75) is 52.1 Å². The fourth-order valence-electron chi connectivity index (χ4n) is 4.82. The van der Waals surface area contributed by atoms with Crippen LogP contribution in [-0.4, -0.2) is 43.3 Å². The quantitative estimate of drug-likeness (QED) is 0.363. The minimum atomic E-state index is -4.23. The van der Waals surface area contributed by atoms with Gasteiger partial charge in [0, 0.05) is 39.7 Å². The average molecular weight is 552 g/mol. The van der Waals surface area contributed by atoms with Crippen LogP contribution in [0, 0.1) is 11.3 Å². The van der Waals surface area contributed by atoms with E-state index < -0.39 is 33.2 Å². The van der Waals surface area contributed by atoms with E-state index in [1.807, 2.05) is 13.8 Å². The highest BCUT2D eigenvalue weighted by molar-refractivity contribution is 7.88. The number of aromatic nitrogens is 1. The van der Waals surface area contributed by atoms with Crippen molar-refractivity contribution in [3.63, 3.8) is 0 Å². The van der Waals surface area contributed by atoms with Crippen molar-refractivity contribution in [2.24, 2.45) is 5.73 Å². The number of ether oxygens (including phenoxy) is 1. The molecule has 12 heteroatoms. The molecule has 0 spiro atoms. The minimum Gasteiger partial charge on any atom is -0.443 e. The zero-order valence-corrected chi connectivity index (χ0v) is 23.0. The SMILES string of the molecule is CC(C)(C)OC(=O)NS(=O)(=O)NCCc1cc(C#N)cc2[nH]c3c(c12)C(=O)c1ccc(C(N)=O)cc1C3(C)C. The number of rotatable bonds is 6. The van der Waals surface area contributed by atoms with Gasteiger partial charge in [-0.1, -0.05) is 13.8 Å². The van der Waals surface area contributed by atoms with Crippen molar-refractivity contribution in [2.75, 3.05) is 6.54 Å². The number of aromatic amines is 1. The van der Waals surface area contributed by atoms with E-state index >= 15 is 0 Å². The van der Waals surface area contributed by atoms with E-state index in [-0.39, 0.29) is 24.3 Å². The molecule has 2 amide bonds. The van der Waals surface area contributed by atoms with Gasteiger partial charge in [0.1, 0.15) is 5.60 Å². The van der Waals surface area contributed by atoms with Gasteiger partial charge in [-0.3, -0.25) is 9.59 Å². The summed E-state index contributed by atoms with van der Waals surface area (Å²) in [5, 5.41) is 10.2. The molecule has 1 aliphatic rings. The third-order valence-electron chi connectivity index (χ3n) is 6.49. The molecule has 3 aromatic rings. The van der Waals surface area contributed by atoms with Crippen LogP contribution in [0.15, 0.2) is 30.3 Å². The van der Waals surface area contributed by atoms with Crippen LogP contribution in [0.25, 0.3) is 10.9 Å². The monoisotopic (exact) mass is 551 g/mol. The molecule has 0 saturated heterocycles. The van der Waals surface area contributed by atoms with Crippen molar-refractivity contribution in [3.8, 4) is 6.07 Å². The van der Waals surface area contributed by atoms with Crippen LogP contribution in [0.3, 0.4) is 0 Å². The molecule has 2 aromatic carbocycles. The van der Waals surface area contributed by atoms with Gasteiger partial charge in [-0.15, -0.1) is 0 Å². The summed E-state index contributed by atoms with van der Waals surface area (Å²) in [5.41, 5.74) is 7.71. The lowest BCUT2D eigenvalue weighted by Crippen LogP contribution is -2.43. The van der Waals surface area contributed by atoms with E-state index in [0.29, 0.717) is 44.4 Å². The summed E-state index contributed by atoms with van der Waals surface area (Å²) in [6.45, 7) is 8.52. The average Bonchev–Trinajstić information content (AvgIpc) is 3.21. The van der Waals surface area contributed by atoms with Gasteiger partial charge in [0.2, 0.25) is 5.91 Å². The number of carbonyl (C=O) groups excluding carboxylic acids is 3. The zero-order valence-electron chi connectivity index (χ0n) is 22.2. The van der Waals surface area contributed by atoms with Crippen LogP contribution in [0.5, 0.6) is 0 Å². The van der Waals surface area contributed by atoms with E-state index in [0.717, 1.165) is 0 Å². The molecule has 0 atom stereocenters. The second kappa shape index (κ2) is 9.52. The summed E-state index contributed by atoms with van der Waals surface area (Å²) in [4.78, 5) is 40.7. The van der Waals surface area contributed by atoms with Gasteiger partial charge in [-0.2, -0.15) is 18.4 Å². The van der Waals surface area contributed by atoms with Crippen molar-refractivity contribution in [1.82, 2.24) is 14.4 Å². The van der Waals surface area contributed by atoms with E-state index in [9.17, 15) is 28.1 Å². The molecule has 204 valence electrons. The van der Waals surface area contributed by atoms with Gasteiger partial charge in [0.15, 0.2) is 5.78 Å². The van der Waals surface area contributed by atoms with Crippen LogP contribution >= 0.6 is 0 Å². The molecular weight excluding hydrogens is 522 g/mol. The number of nitrogens with one attached hydrogen (secondary N) is 3. The van der Waals surface area contributed by atoms with Crippen LogP contribution in [-0.2, 0) is 26.8 Å². The summed E-state index contributed by atoms with van der Waals surface area (Å²) < 4.78 is 33.8. The highest BCUT2D eigenvalue weighted by Gasteiger charge is 2.40. The largest absolute Gasteiger partial charge is 0.443 e. The van der Waals surface area contributed by atoms with E-state index in [4.69, 9.17) is 10.5 Å². The van der Waals surface area contributed by atoms with Gasteiger partial charge >= 0.3 is 16.3 Å². The second-order valence-corrected chi connectivity index (χ2v) is 12.4. The Morgan fingerprint density at radius 3 is 2.49 bits per heavy atom. The standard InChI is InChI=1S/C27H29N5O6S/c1-26(2,3)38-25(35)32-39(36,37)30-9-8-15-10-14(13-28)11-19-20(15)21-22(33)17-7-6-16(24(29)34)12-18(17)27(4,5)23(21)31-19/h6-7,10-12,30-31H,8-9H2,1-5H3,(H2,29,34)(H,32,35). The van der Waals surface area contributed by atoms with Gasteiger partial charge in [-0.25, -0.2) is 9.52 Å². The third kappa shape index (κ3) is 5.36. The van der Waals surface area contributed by atoms with Crippen LogP contribution in [0.2, 0.25) is 0 Å². The number of hydrogen-bond acceptors (Lipinski definition) is 7. The number of nitriles is 1. The summed E-state index contributed by atoms with van der Waals surface area (Å²) >= 11 is 0. The number of fused-ring (bicyclic) bond motifs is 4. The van der Waals surface area contributed by atoms with Gasteiger partial charge in [-0.05, 0) is 68.7 Å². The Morgan fingerprint density at radius 2 is 1.87 bits per heavy atom. The van der Waals surface area contributed by atoms with Crippen LogP contribution in [0.4, 0.5) is 4.79 Å². The molecule has 0 unspecified atom stereocenters. The Bertz CT molecular complexity index is 1690. The molecule has 0 fully saturated rings. The number of carbonyl (C=O) groups is 3. The predicted molar refractivity (Wildman–Crippen MR) is 144 cm³/mol. The van der Waals surface area contributed by atoms with Gasteiger partial charge in [0.25, 0.3) is 0 Å². The first-order valence-electron chi connectivity index (χ1n) is 12.1. The lowest BCUT2D eigenvalue weighted by Gasteiger charge is -2.32. The fraction of sp³-hybridized carbons (Fsp3) is 0.333. The summed E-state index contributed by atoms with van der Waals surface area (Å²) in [7, 11) is -4.23. The summed E-state index contributed by atoms with van der Waals surface area (Å²) in [6, 6.07) is 10.1. The molecule has 0 bridgehead atoms. The van der Waals surface area contributed by atoms with Crippen molar-refractivity contribution in [1.29, 1.82) is 5.26 Å². The first-order chi connectivity index (χ1) is 18.0. The molecule has 1 aliphatic carbocycles. The van der Waals surface area contributed by atoms with Crippen molar-refractivity contribution in [3.05, 3.63) is 69.4 Å². The highest BCUT2D eigenvalue weighted by atomic mass is 32.2. The number of primary amides is 1. The van der Waals surface area contributed by atoms with Crippen molar-refractivity contribution >= 4 is 38.9 Å². The maximum Gasteiger partial charge on any atom is 0.422 e. The van der Waals surface area contributed by atoms with Crippen molar-refractivity contribution < 1.29 is 27.5 Å². The molecule has 5 N–H and O–H groups in total. The number of benzene rings is 2. The molecule has 0 saturated carbocycles. The lowest BCUT2D eigenvalue weighted by atomic mass is 9.70.